The van der Waals surface area contributed by atoms with Crippen molar-refractivity contribution in [2.75, 3.05) is 24.5 Å². The molecule has 4 N–H and O–H groups in total. The van der Waals surface area contributed by atoms with Crippen LogP contribution in [-0.4, -0.2) is 91.8 Å². The van der Waals surface area contributed by atoms with E-state index in [4.69, 9.17) is 5.73 Å². The maximum Gasteiger partial charge on any atom is 0.353 e. The van der Waals surface area contributed by atoms with Crippen molar-refractivity contribution in [2.24, 2.45) is 17.6 Å². The highest BCUT2D eigenvalue weighted by Gasteiger charge is 2.60. The van der Waals surface area contributed by atoms with Gasteiger partial charge in [0.2, 0.25) is 11.8 Å². The van der Waals surface area contributed by atoms with E-state index >= 15 is 0 Å². The second-order valence-corrected chi connectivity index (χ2v) is 11.6. The van der Waals surface area contributed by atoms with Gasteiger partial charge in [-0.15, -0.1) is 23.1 Å². The number of thioether (sulfide) groups is 1. The number of β-lactam (4-membered cyclic amide) rings is 1. The van der Waals surface area contributed by atoms with Crippen LogP contribution in [0.2, 0.25) is 0 Å². The molecule has 0 aliphatic carbocycles. The minimum absolute atomic E-state index is 0.0261. The number of aliphatic hydroxyl groups is 1. The lowest BCUT2D eigenvalue weighted by molar-refractivity contribution is -0.163. The number of thiazole rings is 1. The van der Waals surface area contributed by atoms with Crippen molar-refractivity contribution in [3.05, 3.63) is 21.7 Å². The summed E-state index contributed by atoms with van der Waals surface area (Å²) in [6, 6.07) is -0.537. The number of hydrogen-bond acceptors (Lipinski definition) is 9. The molecular formula is C22H29N5O6S2. The molecule has 0 unspecified atom stereocenters. The Kier molecular flexibility index (Phi) is 6.86. The molecule has 35 heavy (non-hydrogen) atoms. The molecule has 0 saturated carbocycles. The van der Waals surface area contributed by atoms with Crippen molar-refractivity contribution in [3.63, 3.8) is 0 Å². The van der Waals surface area contributed by atoms with Gasteiger partial charge >= 0.3 is 5.97 Å². The second-order valence-electron chi connectivity index (χ2n) is 9.43. The minimum Gasteiger partial charge on any atom is -0.477 e. The van der Waals surface area contributed by atoms with Gasteiger partial charge in [-0.25, -0.2) is 9.78 Å². The molecule has 4 atom stereocenters. The van der Waals surface area contributed by atoms with Crippen molar-refractivity contribution < 1.29 is 29.4 Å². The number of fused-ring (bicyclic) bond motifs is 1. The van der Waals surface area contributed by atoms with Crippen LogP contribution in [0, 0.1) is 11.8 Å². The molecule has 3 amide bonds. The molecular weight excluding hydrogens is 494 g/mol. The average molecular weight is 524 g/mol. The predicted octanol–water partition coefficient (Wildman–Crippen LogP) is 0.555. The predicted molar refractivity (Wildman–Crippen MR) is 131 cm³/mol. The molecule has 3 aliphatic heterocycles. The first-order valence-corrected chi connectivity index (χ1v) is 13.1. The van der Waals surface area contributed by atoms with Crippen LogP contribution in [0.1, 0.15) is 38.2 Å². The highest BCUT2D eigenvalue weighted by atomic mass is 32.2. The Labute approximate surface area is 210 Å². The van der Waals surface area contributed by atoms with Crippen LogP contribution in [0.25, 0.3) is 0 Å². The van der Waals surface area contributed by atoms with Crippen molar-refractivity contribution in [1.82, 2.24) is 14.8 Å². The van der Waals surface area contributed by atoms with E-state index in [2.05, 4.69) is 4.98 Å². The number of nitrogens with two attached hydrogens (primary N) is 1. The summed E-state index contributed by atoms with van der Waals surface area (Å²) in [5.74, 6) is -3.18. The van der Waals surface area contributed by atoms with Crippen LogP contribution in [0.5, 0.6) is 0 Å². The van der Waals surface area contributed by atoms with Gasteiger partial charge in [-0.1, -0.05) is 6.92 Å². The molecule has 190 valence electrons. The minimum atomic E-state index is -1.14. The van der Waals surface area contributed by atoms with Crippen molar-refractivity contribution in [1.29, 1.82) is 0 Å². The van der Waals surface area contributed by atoms with Gasteiger partial charge in [0.05, 0.1) is 24.6 Å². The van der Waals surface area contributed by atoms with Gasteiger partial charge in [0, 0.05) is 40.6 Å². The highest BCUT2D eigenvalue weighted by molar-refractivity contribution is 8.03. The lowest BCUT2D eigenvalue weighted by Gasteiger charge is -2.46. The van der Waals surface area contributed by atoms with Gasteiger partial charge in [0.25, 0.3) is 5.91 Å². The van der Waals surface area contributed by atoms with Crippen molar-refractivity contribution in [2.45, 2.75) is 51.1 Å². The van der Waals surface area contributed by atoms with E-state index in [1.807, 2.05) is 11.8 Å². The molecule has 2 fully saturated rings. The number of rotatable bonds is 9. The van der Waals surface area contributed by atoms with Crippen LogP contribution >= 0.6 is 23.1 Å². The number of primary amides is 1. The average Bonchev–Trinajstić information content (AvgIpc) is 3.29. The van der Waals surface area contributed by atoms with E-state index in [-0.39, 0.29) is 53.0 Å². The number of carboxylic acid groups (broad SMARTS) is 1. The van der Waals surface area contributed by atoms with Crippen molar-refractivity contribution in [3.8, 4) is 0 Å². The quantitative estimate of drug-likeness (QED) is 0.393. The summed E-state index contributed by atoms with van der Waals surface area (Å²) in [5, 5.41) is 22.2. The molecule has 1 aromatic rings. The zero-order chi connectivity index (χ0) is 25.8. The number of nitrogens with zero attached hydrogens (tertiary/aromatic N) is 4. The lowest BCUT2D eigenvalue weighted by Crippen LogP contribution is -2.63. The van der Waals surface area contributed by atoms with Gasteiger partial charge in [0.15, 0.2) is 5.13 Å². The fraction of sp³-hybridized carbons (Fsp3) is 0.591. The molecule has 0 bridgehead atoms. The summed E-state index contributed by atoms with van der Waals surface area (Å²) < 4.78 is 0. The Morgan fingerprint density at radius 1 is 1.31 bits per heavy atom. The maximum absolute atomic E-state index is 12.8. The number of carbonyl (C=O) groups excluding carboxylic acids is 3. The SMILES string of the molecule is CC(C)N(CC(N)=O)C(=O)c1csc(N2CC(SC3=C(C(=O)O)N4C(=O)[C@H]([C@@H](C)O)[C@H]4[C@H]3C)C2)n1. The number of carboxylic acids is 1. The van der Waals surface area contributed by atoms with Crippen LogP contribution in [0.4, 0.5) is 5.13 Å². The number of hydrogen-bond donors (Lipinski definition) is 3. The Bertz CT molecular complexity index is 1100. The Morgan fingerprint density at radius 2 is 1.97 bits per heavy atom. The second kappa shape index (κ2) is 9.43. The summed E-state index contributed by atoms with van der Waals surface area (Å²) >= 11 is 2.79. The zero-order valence-electron chi connectivity index (χ0n) is 19.9. The molecule has 11 nitrogen and oxygen atoms in total. The number of anilines is 1. The van der Waals surface area contributed by atoms with Crippen LogP contribution < -0.4 is 10.6 Å². The molecule has 0 aromatic carbocycles. The molecule has 3 aliphatic rings. The number of amides is 3. The van der Waals surface area contributed by atoms with E-state index in [1.165, 1.54) is 32.9 Å². The Hall–Kier alpha value is -2.64. The van der Waals surface area contributed by atoms with Gasteiger partial charge in [-0.2, -0.15) is 0 Å². The maximum atomic E-state index is 12.8. The number of aliphatic carboxylic acids is 1. The Balaban J connectivity index is 1.41. The molecule has 1 aromatic heterocycles. The van der Waals surface area contributed by atoms with Gasteiger partial charge < -0.3 is 30.6 Å². The highest BCUT2D eigenvalue weighted by Crippen LogP contribution is 2.52. The lowest BCUT2D eigenvalue weighted by atomic mass is 9.79. The van der Waals surface area contributed by atoms with Gasteiger partial charge in [-0.3, -0.25) is 14.4 Å². The molecule has 2 saturated heterocycles. The fourth-order valence-electron chi connectivity index (χ4n) is 4.84. The van der Waals surface area contributed by atoms with Crippen molar-refractivity contribution >= 4 is 51.9 Å². The van der Waals surface area contributed by atoms with E-state index < -0.39 is 23.9 Å². The summed E-state index contributed by atoms with van der Waals surface area (Å²) in [5.41, 5.74) is 5.55. The van der Waals surface area contributed by atoms with Gasteiger partial charge in [0.1, 0.15) is 11.4 Å². The van der Waals surface area contributed by atoms with Crippen LogP contribution in [0.3, 0.4) is 0 Å². The van der Waals surface area contributed by atoms with Gasteiger partial charge in [-0.05, 0) is 20.8 Å². The first-order chi connectivity index (χ1) is 16.4. The Morgan fingerprint density at radius 3 is 2.51 bits per heavy atom. The number of aliphatic hydroxyl groups excluding tert-OH is 1. The molecule has 0 spiro atoms. The fourth-order valence-corrected chi connectivity index (χ4v) is 7.18. The third kappa shape index (κ3) is 4.40. The standard InChI is InChI=1S/C22H29N5O6S2/c1-9(2)26(7-14(23)29)19(30)13-8-34-22(24-13)25-5-12(6-25)35-18-10(3)16-15(11(4)28)20(31)27(16)17(18)21(32)33/h8-12,15-16,28H,5-7H2,1-4H3,(H2,23,29)(H,32,33)/t10-,11-,15-,16-/m1/s1. The van der Waals surface area contributed by atoms with E-state index in [0.29, 0.717) is 23.1 Å². The largest absolute Gasteiger partial charge is 0.477 e. The number of carbonyl (C=O) groups is 4. The van der Waals surface area contributed by atoms with Crippen LogP contribution in [-0.2, 0) is 14.4 Å². The monoisotopic (exact) mass is 523 g/mol. The first kappa shape index (κ1) is 25.5. The summed E-state index contributed by atoms with van der Waals surface area (Å²) in [6.07, 6.45) is -0.832. The first-order valence-electron chi connectivity index (χ1n) is 11.4. The summed E-state index contributed by atoms with van der Waals surface area (Å²) in [4.78, 5) is 58.4. The third-order valence-electron chi connectivity index (χ3n) is 6.64. The smallest absolute Gasteiger partial charge is 0.353 e. The van der Waals surface area contributed by atoms with E-state index in [9.17, 15) is 29.4 Å². The zero-order valence-corrected chi connectivity index (χ0v) is 21.5. The number of aromatic nitrogens is 1. The topological polar surface area (TPSA) is 157 Å². The van der Waals surface area contributed by atoms with E-state index in [1.54, 1.807) is 26.2 Å². The summed E-state index contributed by atoms with van der Waals surface area (Å²) in [7, 11) is 0. The molecule has 4 rings (SSSR count). The normalized spacial score (nSPS) is 24.9. The van der Waals surface area contributed by atoms with Crippen LogP contribution in [0.15, 0.2) is 16.0 Å². The summed E-state index contributed by atoms with van der Waals surface area (Å²) in [6.45, 7) is 8.11. The molecule has 13 heteroatoms. The molecule has 4 heterocycles. The third-order valence-corrected chi connectivity index (χ3v) is 9.00. The molecule has 0 radical (unpaired) electrons. The van der Waals surface area contributed by atoms with E-state index in [0.717, 1.165) is 0 Å².